The molecule has 1 N–H and O–H groups in total. The van der Waals surface area contributed by atoms with Crippen molar-refractivity contribution in [1.82, 2.24) is 0 Å². The monoisotopic (exact) mass is 524 g/mol. The van der Waals surface area contributed by atoms with Gasteiger partial charge in [-0.1, -0.05) is 57.8 Å². The van der Waals surface area contributed by atoms with Gasteiger partial charge in [-0.25, -0.2) is 0 Å². The van der Waals surface area contributed by atoms with Crippen LogP contribution < -0.4 is 0 Å². The average molecular weight is 525 g/mol. The molecular weight excluding hydrogens is 485 g/mol. The summed E-state index contributed by atoms with van der Waals surface area (Å²) in [6, 6.07) is 5.89. The van der Waals surface area contributed by atoms with E-state index in [9.17, 15) is 23.1 Å². The number of hydrogen-bond acceptors (Lipinski definition) is 5. The molecule has 1 aromatic rings. The molecule has 0 spiro atoms. The zero-order valence-corrected chi connectivity index (χ0v) is 23.6. The molecule has 5 nitrogen and oxygen atoms in total. The number of alkyl halides is 3. The summed E-state index contributed by atoms with van der Waals surface area (Å²) in [5.74, 6) is 2.17. The van der Waals surface area contributed by atoms with Gasteiger partial charge in [0.15, 0.2) is 0 Å². The Kier molecular flexibility index (Phi) is 8.90. The van der Waals surface area contributed by atoms with Crippen LogP contribution in [0.5, 0.6) is 0 Å². The summed E-state index contributed by atoms with van der Waals surface area (Å²) < 4.78 is 44.8. The quantitative estimate of drug-likeness (QED) is 0.211. The SMILES string of the molecule is CCC(C)(CC(C)(C)C#C[Si](C)(C)C)C(C(=O)OC)[C@H](O)CCc1ccc(C2(C(F)(F)F)N=N2)cc1. The number of rotatable bonds is 10. The number of hydrogen-bond donors (Lipinski definition) is 1. The van der Waals surface area contributed by atoms with Gasteiger partial charge >= 0.3 is 17.8 Å². The predicted octanol–water partition coefficient (Wildman–Crippen LogP) is 6.66. The summed E-state index contributed by atoms with van der Waals surface area (Å²) >= 11 is 0. The van der Waals surface area contributed by atoms with E-state index in [1.54, 1.807) is 12.1 Å². The lowest BCUT2D eigenvalue weighted by Gasteiger charge is -2.41. The molecule has 1 aliphatic rings. The van der Waals surface area contributed by atoms with E-state index in [4.69, 9.17) is 4.74 Å². The number of aliphatic hydroxyl groups is 1. The summed E-state index contributed by atoms with van der Waals surface area (Å²) in [5.41, 5.74) is 0.758. The van der Waals surface area contributed by atoms with Gasteiger partial charge in [0, 0.05) is 11.0 Å². The second-order valence-corrected chi connectivity index (χ2v) is 16.5. The fraction of sp³-hybridized carbons (Fsp3) is 0.667. The van der Waals surface area contributed by atoms with Crippen molar-refractivity contribution in [2.45, 2.75) is 91.0 Å². The van der Waals surface area contributed by atoms with Crippen LogP contribution in [0.1, 0.15) is 58.1 Å². The minimum absolute atomic E-state index is 0.0352. The maximum Gasteiger partial charge on any atom is 0.442 e. The lowest BCUT2D eigenvalue weighted by Crippen LogP contribution is -2.44. The lowest BCUT2D eigenvalue weighted by molar-refractivity contribution is -0.166. The molecule has 2 rings (SSSR count). The molecular formula is C27H39F3N2O3Si. The van der Waals surface area contributed by atoms with Crippen LogP contribution in [0, 0.1) is 28.2 Å². The van der Waals surface area contributed by atoms with Crippen molar-refractivity contribution in [2.75, 3.05) is 7.11 Å². The number of aliphatic hydroxyl groups excluding tert-OH is 1. The first-order chi connectivity index (χ1) is 16.4. The summed E-state index contributed by atoms with van der Waals surface area (Å²) in [6.45, 7) is 14.6. The van der Waals surface area contributed by atoms with E-state index in [2.05, 4.69) is 55.2 Å². The molecule has 0 saturated carbocycles. The summed E-state index contributed by atoms with van der Waals surface area (Å²) in [4.78, 5) is 12.9. The van der Waals surface area contributed by atoms with Crippen LogP contribution in [0.3, 0.4) is 0 Å². The molecule has 0 radical (unpaired) electrons. The zero-order valence-electron chi connectivity index (χ0n) is 22.6. The molecule has 1 heterocycles. The topological polar surface area (TPSA) is 71.2 Å². The van der Waals surface area contributed by atoms with Crippen molar-refractivity contribution < 1.29 is 27.8 Å². The molecule has 0 aromatic heterocycles. The van der Waals surface area contributed by atoms with Crippen molar-refractivity contribution in [3.05, 3.63) is 35.4 Å². The van der Waals surface area contributed by atoms with Crippen LogP contribution in [-0.4, -0.2) is 38.5 Å². The van der Waals surface area contributed by atoms with E-state index in [0.29, 0.717) is 19.3 Å². The van der Waals surface area contributed by atoms with E-state index in [1.165, 1.54) is 19.2 Å². The molecule has 1 aromatic carbocycles. The first kappa shape index (κ1) is 30.0. The van der Waals surface area contributed by atoms with E-state index in [0.717, 1.165) is 5.56 Å². The lowest BCUT2D eigenvalue weighted by atomic mass is 9.63. The smallest absolute Gasteiger partial charge is 0.442 e. The Hall–Kier alpha value is -2.18. The number of carbonyl (C=O) groups is 1. The van der Waals surface area contributed by atoms with E-state index < -0.39 is 43.3 Å². The number of ether oxygens (including phenoxy) is 1. The first-order valence-electron chi connectivity index (χ1n) is 12.3. The second-order valence-electron chi connectivity index (χ2n) is 11.7. The zero-order chi connectivity index (χ0) is 27.6. The highest BCUT2D eigenvalue weighted by Crippen LogP contribution is 2.52. The van der Waals surface area contributed by atoms with Crippen LogP contribution in [0.15, 0.2) is 34.5 Å². The van der Waals surface area contributed by atoms with Gasteiger partial charge in [0.05, 0.1) is 19.1 Å². The highest BCUT2D eigenvalue weighted by molar-refractivity contribution is 6.83. The molecule has 200 valence electrons. The van der Waals surface area contributed by atoms with Crippen LogP contribution in [0.25, 0.3) is 0 Å². The molecule has 0 saturated heterocycles. The minimum Gasteiger partial charge on any atom is -0.469 e. The van der Waals surface area contributed by atoms with Crippen molar-refractivity contribution in [3.8, 4) is 11.5 Å². The number of nitrogens with zero attached hydrogens (tertiary/aromatic N) is 2. The van der Waals surface area contributed by atoms with Gasteiger partial charge in [0.1, 0.15) is 8.07 Å². The standard InChI is InChI=1S/C27H39F3N2O3Si/c1-9-25(4,18-24(2,3)16-17-36(6,7)8)22(23(34)35-5)21(33)15-12-19-10-13-20(14-11-19)26(31-32-26)27(28,29)30/h10-11,13-14,21-22,33H,9,12,15,18H2,1-8H3/t21-,22?,25?/m1/s1. The Morgan fingerprint density at radius 1 is 1.14 bits per heavy atom. The number of carbonyl (C=O) groups excluding carboxylic acids is 1. The molecule has 0 aliphatic carbocycles. The Bertz CT molecular complexity index is 1010. The van der Waals surface area contributed by atoms with Gasteiger partial charge in [-0.05, 0) is 50.5 Å². The Labute approximate surface area is 213 Å². The Balaban J connectivity index is 2.19. The first-order valence-corrected chi connectivity index (χ1v) is 15.8. The number of benzene rings is 1. The molecule has 9 heteroatoms. The summed E-state index contributed by atoms with van der Waals surface area (Å²) in [7, 11) is -0.262. The maximum atomic E-state index is 13.2. The van der Waals surface area contributed by atoms with Crippen LogP contribution in [-0.2, 0) is 21.6 Å². The molecule has 0 bridgehead atoms. The molecule has 0 amide bonds. The molecule has 3 atom stereocenters. The third kappa shape index (κ3) is 7.19. The van der Waals surface area contributed by atoms with Crippen LogP contribution in [0.2, 0.25) is 19.6 Å². The molecule has 2 unspecified atom stereocenters. The molecule has 36 heavy (non-hydrogen) atoms. The number of esters is 1. The van der Waals surface area contributed by atoms with E-state index in [1.807, 2.05) is 13.8 Å². The highest BCUT2D eigenvalue weighted by atomic mass is 28.3. The summed E-state index contributed by atoms with van der Waals surface area (Å²) in [5, 5.41) is 17.6. The third-order valence-electron chi connectivity index (χ3n) is 6.80. The van der Waals surface area contributed by atoms with Gasteiger partial charge in [0.25, 0.3) is 0 Å². The van der Waals surface area contributed by atoms with Crippen molar-refractivity contribution in [2.24, 2.45) is 27.0 Å². The Morgan fingerprint density at radius 3 is 2.11 bits per heavy atom. The van der Waals surface area contributed by atoms with Gasteiger partial charge in [-0.2, -0.15) is 13.2 Å². The Morgan fingerprint density at radius 2 is 1.69 bits per heavy atom. The molecule has 1 aliphatic heterocycles. The minimum atomic E-state index is -4.57. The normalized spacial score (nSPS) is 18.4. The van der Waals surface area contributed by atoms with E-state index >= 15 is 0 Å². The van der Waals surface area contributed by atoms with Crippen molar-refractivity contribution in [3.63, 3.8) is 0 Å². The van der Waals surface area contributed by atoms with Crippen LogP contribution >= 0.6 is 0 Å². The number of aryl methyl sites for hydroxylation is 1. The van der Waals surface area contributed by atoms with E-state index in [-0.39, 0.29) is 17.4 Å². The van der Waals surface area contributed by atoms with Gasteiger partial charge in [0.2, 0.25) is 0 Å². The third-order valence-corrected chi connectivity index (χ3v) is 7.68. The number of halogens is 3. The fourth-order valence-electron chi connectivity index (χ4n) is 4.73. The molecule has 0 fully saturated rings. The van der Waals surface area contributed by atoms with Gasteiger partial charge in [-0.3, -0.25) is 4.79 Å². The fourth-order valence-corrected chi connectivity index (χ4v) is 5.44. The maximum absolute atomic E-state index is 13.2. The van der Waals surface area contributed by atoms with Crippen molar-refractivity contribution in [1.29, 1.82) is 0 Å². The summed E-state index contributed by atoms with van der Waals surface area (Å²) in [6.07, 6.45) is -3.67. The highest BCUT2D eigenvalue weighted by Gasteiger charge is 2.65. The largest absolute Gasteiger partial charge is 0.469 e. The van der Waals surface area contributed by atoms with Gasteiger partial charge in [-0.15, -0.1) is 21.7 Å². The second kappa shape index (κ2) is 10.7. The number of methoxy groups -OCH3 is 1. The average Bonchev–Trinajstić information content (AvgIpc) is 3.58. The predicted molar refractivity (Wildman–Crippen MR) is 137 cm³/mol. The van der Waals surface area contributed by atoms with Crippen LogP contribution in [0.4, 0.5) is 13.2 Å². The van der Waals surface area contributed by atoms with Gasteiger partial charge < -0.3 is 9.84 Å². The van der Waals surface area contributed by atoms with Crippen molar-refractivity contribution >= 4 is 14.0 Å².